The molecule has 0 unspecified atom stereocenters. The minimum Gasteiger partial charge on any atom is -0.395 e. The molecular weight excluding hydrogens is 407 g/mol. The monoisotopic (exact) mass is 436 g/mol. The number of hydrogen-bond acceptors (Lipinski definition) is 4. The predicted octanol–water partition coefficient (Wildman–Crippen LogP) is 2.77. The summed E-state index contributed by atoms with van der Waals surface area (Å²) in [6.45, 7) is 5.57. The molecule has 4 nitrogen and oxygen atoms in total. The first-order valence-corrected chi connectivity index (χ1v) is 9.57. The van der Waals surface area contributed by atoms with E-state index in [2.05, 4.69) is 21.6 Å². The minimum absolute atomic E-state index is 0. The molecule has 1 fully saturated rings. The standard InChI is InChI=1S/C23H28N2O2.2ClH/c26-20-19-25-17-15-24(16-18-25)14-8-7-13-23(27,21-9-3-1-4-10-21)22-11-5-2-6-12-22;;/h1-6,9-12,26-27H,13-20H2;2*1H. The van der Waals surface area contributed by atoms with E-state index in [1.807, 2.05) is 60.7 Å². The van der Waals surface area contributed by atoms with Gasteiger partial charge in [0, 0.05) is 39.1 Å². The van der Waals surface area contributed by atoms with E-state index >= 15 is 0 Å². The van der Waals surface area contributed by atoms with Crippen molar-refractivity contribution in [3.8, 4) is 11.8 Å². The van der Waals surface area contributed by atoms with E-state index in [1.165, 1.54) is 0 Å². The van der Waals surface area contributed by atoms with Gasteiger partial charge >= 0.3 is 0 Å². The molecule has 1 aliphatic heterocycles. The van der Waals surface area contributed by atoms with Crippen LogP contribution in [0.2, 0.25) is 0 Å². The molecule has 158 valence electrons. The second-order valence-electron chi connectivity index (χ2n) is 6.96. The van der Waals surface area contributed by atoms with Crippen LogP contribution < -0.4 is 0 Å². The molecule has 2 aromatic carbocycles. The largest absolute Gasteiger partial charge is 0.395 e. The third-order valence-electron chi connectivity index (χ3n) is 5.16. The first-order chi connectivity index (χ1) is 13.2. The van der Waals surface area contributed by atoms with Gasteiger partial charge in [0.05, 0.1) is 13.2 Å². The predicted molar refractivity (Wildman–Crippen MR) is 123 cm³/mol. The van der Waals surface area contributed by atoms with Crippen molar-refractivity contribution in [1.29, 1.82) is 0 Å². The van der Waals surface area contributed by atoms with Gasteiger partial charge in [-0.2, -0.15) is 0 Å². The number of piperazine rings is 1. The van der Waals surface area contributed by atoms with Crippen molar-refractivity contribution in [2.75, 3.05) is 45.9 Å². The fraction of sp³-hybridized carbons (Fsp3) is 0.391. The Bertz CT molecular complexity index is 715. The molecule has 1 aliphatic rings. The van der Waals surface area contributed by atoms with Crippen molar-refractivity contribution >= 4 is 24.8 Å². The van der Waals surface area contributed by atoms with Gasteiger partial charge in [-0.1, -0.05) is 72.5 Å². The number of rotatable bonds is 6. The van der Waals surface area contributed by atoms with Gasteiger partial charge in [-0.25, -0.2) is 0 Å². The van der Waals surface area contributed by atoms with Crippen LogP contribution in [-0.4, -0.2) is 65.9 Å². The zero-order valence-corrected chi connectivity index (χ0v) is 18.2. The van der Waals surface area contributed by atoms with Crippen LogP contribution in [0.25, 0.3) is 0 Å². The molecule has 1 heterocycles. The van der Waals surface area contributed by atoms with Crippen molar-refractivity contribution in [3.63, 3.8) is 0 Å². The van der Waals surface area contributed by atoms with Gasteiger partial charge in [-0.15, -0.1) is 24.8 Å². The number of β-amino-alcohol motifs (C(OH)–C–C–N with tert-alkyl or cyclic N) is 1. The second kappa shape index (κ2) is 12.9. The average molecular weight is 437 g/mol. The summed E-state index contributed by atoms with van der Waals surface area (Å²) >= 11 is 0. The van der Waals surface area contributed by atoms with E-state index in [1.54, 1.807) is 0 Å². The summed E-state index contributed by atoms with van der Waals surface area (Å²) in [5.74, 6) is 6.46. The fourth-order valence-corrected chi connectivity index (χ4v) is 3.47. The number of benzene rings is 2. The molecule has 0 radical (unpaired) electrons. The van der Waals surface area contributed by atoms with Crippen LogP contribution in [0.3, 0.4) is 0 Å². The molecule has 0 aliphatic carbocycles. The quantitative estimate of drug-likeness (QED) is 0.683. The van der Waals surface area contributed by atoms with Gasteiger partial charge in [0.15, 0.2) is 0 Å². The number of nitrogens with zero attached hydrogens (tertiary/aromatic N) is 2. The van der Waals surface area contributed by atoms with Crippen molar-refractivity contribution in [2.45, 2.75) is 12.0 Å². The van der Waals surface area contributed by atoms with Crippen LogP contribution in [0.1, 0.15) is 17.5 Å². The van der Waals surface area contributed by atoms with E-state index < -0.39 is 5.60 Å². The highest BCUT2D eigenvalue weighted by atomic mass is 35.5. The molecule has 0 aromatic heterocycles. The Hall–Kier alpha value is -1.58. The highest BCUT2D eigenvalue weighted by Gasteiger charge is 2.30. The Kier molecular flexibility index (Phi) is 11.3. The lowest BCUT2D eigenvalue weighted by atomic mass is 9.84. The average Bonchev–Trinajstić information content (AvgIpc) is 2.74. The van der Waals surface area contributed by atoms with Gasteiger partial charge in [0.1, 0.15) is 5.60 Å². The Morgan fingerprint density at radius 2 is 1.24 bits per heavy atom. The Labute approximate surface area is 186 Å². The summed E-state index contributed by atoms with van der Waals surface area (Å²) in [4.78, 5) is 4.60. The molecule has 0 atom stereocenters. The molecule has 1 saturated heterocycles. The smallest absolute Gasteiger partial charge is 0.125 e. The van der Waals surface area contributed by atoms with E-state index in [-0.39, 0.29) is 31.4 Å². The van der Waals surface area contributed by atoms with Crippen LogP contribution in [0.5, 0.6) is 0 Å². The van der Waals surface area contributed by atoms with Crippen LogP contribution in [0, 0.1) is 11.8 Å². The molecule has 3 rings (SSSR count). The highest BCUT2D eigenvalue weighted by molar-refractivity contribution is 5.85. The molecule has 2 N–H and O–H groups in total. The zero-order chi connectivity index (χ0) is 19.0. The Morgan fingerprint density at radius 3 is 1.72 bits per heavy atom. The molecule has 0 spiro atoms. The van der Waals surface area contributed by atoms with E-state index in [4.69, 9.17) is 5.11 Å². The van der Waals surface area contributed by atoms with Gasteiger partial charge in [0.25, 0.3) is 0 Å². The SMILES string of the molecule is Cl.Cl.OCCN1CCN(CC#CCC(O)(c2ccccc2)c2ccccc2)CC1. The molecule has 0 saturated carbocycles. The van der Waals surface area contributed by atoms with Crippen molar-refractivity contribution in [2.24, 2.45) is 0 Å². The van der Waals surface area contributed by atoms with E-state index in [0.717, 1.165) is 43.9 Å². The molecule has 29 heavy (non-hydrogen) atoms. The number of hydrogen-bond donors (Lipinski definition) is 2. The Morgan fingerprint density at radius 1 is 0.759 bits per heavy atom. The first kappa shape index (κ1) is 25.5. The molecule has 6 heteroatoms. The summed E-state index contributed by atoms with van der Waals surface area (Å²) in [7, 11) is 0. The number of aliphatic hydroxyl groups excluding tert-OH is 1. The fourth-order valence-electron chi connectivity index (χ4n) is 3.47. The second-order valence-corrected chi connectivity index (χ2v) is 6.96. The molecule has 0 bridgehead atoms. The van der Waals surface area contributed by atoms with E-state index in [9.17, 15) is 5.11 Å². The lowest BCUT2D eigenvalue weighted by Gasteiger charge is -2.33. The lowest BCUT2D eigenvalue weighted by Crippen LogP contribution is -2.47. The zero-order valence-electron chi connectivity index (χ0n) is 16.5. The maximum absolute atomic E-state index is 11.4. The molecular formula is C23H30Cl2N2O2. The van der Waals surface area contributed by atoms with Gasteiger partial charge in [0.2, 0.25) is 0 Å². The van der Waals surface area contributed by atoms with E-state index in [0.29, 0.717) is 13.0 Å². The number of aliphatic hydroxyl groups is 2. The van der Waals surface area contributed by atoms with Gasteiger partial charge < -0.3 is 10.2 Å². The number of halogens is 2. The normalized spacial score (nSPS) is 14.8. The summed E-state index contributed by atoms with van der Waals surface area (Å²) < 4.78 is 0. The highest BCUT2D eigenvalue weighted by Crippen LogP contribution is 2.32. The van der Waals surface area contributed by atoms with Crippen LogP contribution in [0.4, 0.5) is 0 Å². The third kappa shape index (κ3) is 7.01. The van der Waals surface area contributed by atoms with Crippen molar-refractivity contribution in [1.82, 2.24) is 9.80 Å². The third-order valence-corrected chi connectivity index (χ3v) is 5.16. The van der Waals surface area contributed by atoms with Gasteiger partial charge in [-0.3, -0.25) is 9.80 Å². The summed E-state index contributed by atoms with van der Waals surface area (Å²) in [5.41, 5.74) is 0.626. The van der Waals surface area contributed by atoms with Crippen LogP contribution in [0.15, 0.2) is 60.7 Å². The summed E-state index contributed by atoms with van der Waals surface area (Å²) in [6.07, 6.45) is 0.367. The van der Waals surface area contributed by atoms with Crippen LogP contribution >= 0.6 is 24.8 Å². The Balaban J connectivity index is 0.00000210. The summed E-state index contributed by atoms with van der Waals surface area (Å²) in [5, 5.41) is 20.5. The minimum atomic E-state index is -1.10. The van der Waals surface area contributed by atoms with Crippen LogP contribution in [-0.2, 0) is 5.60 Å². The topological polar surface area (TPSA) is 46.9 Å². The van der Waals surface area contributed by atoms with Crippen molar-refractivity contribution in [3.05, 3.63) is 71.8 Å². The van der Waals surface area contributed by atoms with Crippen molar-refractivity contribution < 1.29 is 10.2 Å². The molecule has 0 amide bonds. The molecule has 2 aromatic rings. The maximum Gasteiger partial charge on any atom is 0.125 e. The maximum atomic E-state index is 11.4. The lowest BCUT2D eigenvalue weighted by molar-refractivity contribution is 0.0864. The summed E-state index contributed by atoms with van der Waals surface area (Å²) in [6, 6.07) is 19.5. The van der Waals surface area contributed by atoms with Gasteiger partial charge in [-0.05, 0) is 11.1 Å². The first-order valence-electron chi connectivity index (χ1n) is 9.57.